The first-order valence-corrected chi connectivity index (χ1v) is 6.48. The van der Waals surface area contributed by atoms with Crippen LogP contribution in [0.15, 0.2) is 24.3 Å². The van der Waals surface area contributed by atoms with Crippen LogP contribution in [-0.4, -0.2) is 16.1 Å². The van der Waals surface area contributed by atoms with E-state index in [9.17, 15) is 4.79 Å². The molecule has 1 aromatic heterocycles. The molecular formula is C14H11Cl2NO3. The van der Waals surface area contributed by atoms with Crippen molar-refractivity contribution in [1.29, 1.82) is 0 Å². The van der Waals surface area contributed by atoms with Gasteiger partial charge >= 0.3 is 5.97 Å². The number of carbonyl (C=O) groups is 1. The van der Waals surface area contributed by atoms with Gasteiger partial charge < -0.3 is 9.84 Å². The molecule has 0 bridgehead atoms. The average molecular weight is 312 g/mol. The van der Waals surface area contributed by atoms with Crippen molar-refractivity contribution in [2.24, 2.45) is 0 Å². The molecule has 0 fully saturated rings. The van der Waals surface area contributed by atoms with Crippen molar-refractivity contribution in [2.45, 2.75) is 13.8 Å². The summed E-state index contributed by atoms with van der Waals surface area (Å²) in [4.78, 5) is 15.0. The van der Waals surface area contributed by atoms with Crippen molar-refractivity contribution < 1.29 is 14.6 Å². The van der Waals surface area contributed by atoms with Crippen LogP contribution in [0, 0.1) is 13.8 Å². The molecule has 0 unspecified atom stereocenters. The predicted octanol–water partition coefficient (Wildman–Crippen LogP) is 4.50. The summed E-state index contributed by atoms with van der Waals surface area (Å²) in [5, 5.41) is 9.91. The fourth-order valence-corrected chi connectivity index (χ4v) is 1.98. The monoisotopic (exact) mass is 311 g/mol. The van der Waals surface area contributed by atoms with E-state index >= 15 is 0 Å². The predicted molar refractivity (Wildman–Crippen MR) is 77.2 cm³/mol. The van der Waals surface area contributed by atoms with E-state index in [2.05, 4.69) is 4.98 Å². The van der Waals surface area contributed by atoms with Gasteiger partial charge in [0, 0.05) is 5.02 Å². The number of aromatic carboxylic acids is 1. The van der Waals surface area contributed by atoms with Gasteiger partial charge in [0.25, 0.3) is 0 Å². The van der Waals surface area contributed by atoms with Gasteiger partial charge in [-0.25, -0.2) is 9.78 Å². The fraction of sp³-hybridized carbons (Fsp3) is 0.143. The van der Waals surface area contributed by atoms with E-state index in [1.807, 2.05) is 13.8 Å². The molecule has 0 aliphatic carbocycles. The van der Waals surface area contributed by atoms with E-state index < -0.39 is 5.97 Å². The maximum Gasteiger partial charge on any atom is 0.341 e. The Labute approximate surface area is 125 Å². The number of aromatic nitrogens is 1. The van der Waals surface area contributed by atoms with Crippen LogP contribution in [0.25, 0.3) is 0 Å². The summed E-state index contributed by atoms with van der Waals surface area (Å²) in [6.07, 6.45) is 0. The van der Waals surface area contributed by atoms with E-state index in [1.165, 1.54) is 12.1 Å². The van der Waals surface area contributed by atoms with Crippen LogP contribution in [0.1, 0.15) is 21.5 Å². The average Bonchev–Trinajstić information content (AvgIpc) is 2.35. The number of benzene rings is 1. The van der Waals surface area contributed by atoms with E-state index in [0.717, 1.165) is 11.1 Å². The van der Waals surface area contributed by atoms with Crippen molar-refractivity contribution in [3.63, 3.8) is 0 Å². The Hall–Kier alpha value is -1.78. The van der Waals surface area contributed by atoms with Crippen LogP contribution in [0.2, 0.25) is 10.2 Å². The van der Waals surface area contributed by atoms with Crippen molar-refractivity contribution in [2.75, 3.05) is 0 Å². The molecule has 0 radical (unpaired) electrons. The van der Waals surface area contributed by atoms with Gasteiger partial charge in [-0.2, -0.15) is 0 Å². The molecule has 0 amide bonds. The van der Waals surface area contributed by atoms with E-state index in [1.54, 1.807) is 12.1 Å². The number of nitrogens with zero attached hydrogens (tertiary/aromatic N) is 1. The molecule has 20 heavy (non-hydrogen) atoms. The van der Waals surface area contributed by atoms with Crippen molar-refractivity contribution in [1.82, 2.24) is 4.98 Å². The summed E-state index contributed by atoms with van der Waals surface area (Å²) >= 11 is 11.8. The Morgan fingerprint density at radius 3 is 2.35 bits per heavy atom. The zero-order chi connectivity index (χ0) is 14.9. The summed E-state index contributed by atoms with van der Waals surface area (Å²) in [7, 11) is 0. The molecule has 0 atom stereocenters. The number of aryl methyl sites for hydroxylation is 2. The van der Waals surface area contributed by atoms with Gasteiger partial charge in [0.2, 0.25) is 5.88 Å². The van der Waals surface area contributed by atoms with Crippen molar-refractivity contribution in [3.05, 3.63) is 51.1 Å². The largest absolute Gasteiger partial charge is 0.477 e. The highest BCUT2D eigenvalue weighted by Gasteiger charge is 2.15. The molecular weight excluding hydrogens is 301 g/mol. The molecule has 4 nitrogen and oxygen atoms in total. The van der Waals surface area contributed by atoms with Crippen LogP contribution < -0.4 is 4.74 Å². The molecule has 2 rings (SSSR count). The minimum absolute atomic E-state index is 0.0499. The second-order valence-corrected chi connectivity index (χ2v) is 5.03. The SMILES string of the molecule is Cc1cc(Oc2nc(Cl)ccc2C(=O)O)cc(C)c1Cl. The summed E-state index contributed by atoms with van der Waals surface area (Å²) in [5.74, 6) is -0.723. The lowest BCUT2D eigenvalue weighted by molar-refractivity contribution is 0.0693. The third kappa shape index (κ3) is 3.03. The standard InChI is InChI=1S/C14H11Cl2NO3/c1-7-5-9(6-8(2)12(7)16)20-13-10(14(18)19)3-4-11(15)17-13/h3-6H,1-2H3,(H,18,19). The van der Waals surface area contributed by atoms with Crippen LogP contribution in [-0.2, 0) is 0 Å². The Kier molecular flexibility index (Phi) is 4.16. The van der Waals surface area contributed by atoms with Crippen molar-refractivity contribution >= 4 is 29.2 Å². The van der Waals surface area contributed by atoms with Gasteiger partial charge in [0.15, 0.2) is 0 Å². The molecule has 2 aromatic rings. The molecule has 0 spiro atoms. The Balaban J connectivity index is 2.44. The molecule has 1 aromatic carbocycles. The molecule has 6 heteroatoms. The lowest BCUT2D eigenvalue weighted by Crippen LogP contribution is -2.02. The van der Waals surface area contributed by atoms with Gasteiger partial charge in [0.1, 0.15) is 16.5 Å². The Bertz CT molecular complexity index is 663. The molecule has 104 valence electrons. The zero-order valence-corrected chi connectivity index (χ0v) is 12.3. The van der Waals surface area contributed by atoms with Crippen LogP contribution >= 0.6 is 23.2 Å². The third-order valence-corrected chi connectivity index (χ3v) is 3.49. The first-order chi connectivity index (χ1) is 9.38. The van der Waals surface area contributed by atoms with Crippen LogP contribution in [0.5, 0.6) is 11.6 Å². The maximum atomic E-state index is 11.1. The summed E-state index contributed by atoms with van der Waals surface area (Å²) < 4.78 is 5.53. The highest BCUT2D eigenvalue weighted by molar-refractivity contribution is 6.32. The second-order valence-electron chi connectivity index (χ2n) is 4.26. The minimum Gasteiger partial charge on any atom is -0.477 e. The summed E-state index contributed by atoms with van der Waals surface area (Å²) in [6.45, 7) is 3.68. The number of halogens is 2. The molecule has 0 saturated heterocycles. The number of pyridine rings is 1. The number of hydrogen-bond acceptors (Lipinski definition) is 3. The van der Waals surface area contributed by atoms with Crippen LogP contribution in [0.3, 0.4) is 0 Å². The zero-order valence-electron chi connectivity index (χ0n) is 10.8. The Morgan fingerprint density at radius 2 is 1.80 bits per heavy atom. The number of ether oxygens (including phenoxy) is 1. The van der Waals surface area contributed by atoms with Crippen LogP contribution in [0.4, 0.5) is 0 Å². The highest BCUT2D eigenvalue weighted by atomic mass is 35.5. The maximum absolute atomic E-state index is 11.1. The molecule has 1 heterocycles. The lowest BCUT2D eigenvalue weighted by Gasteiger charge is -2.10. The number of rotatable bonds is 3. The Morgan fingerprint density at radius 1 is 1.20 bits per heavy atom. The highest BCUT2D eigenvalue weighted by Crippen LogP contribution is 2.30. The summed E-state index contributed by atoms with van der Waals surface area (Å²) in [6, 6.07) is 6.17. The first-order valence-electron chi connectivity index (χ1n) is 5.73. The van der Waals surface area contributed by atoms with E-state index in [4.69, 9.17) is 33.0 Å². The van der Waals surface area contributed by atoms with Gasteiger partial charge in [-0.05, 0) is 49.2 Å². The van der Waals surface area contributed by atoms with Gasteiger partial charge in [-0.3, -0.25) is 0 Å². The molecule has 0 aliphatic heterocycles. The quantitative estimate of drug-likeness (QED) is 0.848. The molecule has 0 aliphatic rings. The van der Waals surface area contributed by atoms with Gasteiger partial charge in [-0.1, -0.05) is 23.2 Å². The van der Waals surface area contributed by atoms with Gasteiger partial charge in [-0.15, -0.1) is 0 Å². The van der Waals surface area contributed by atoms with Gasteiger partial charge in [0.05, 0.1) is 0 Å². The smallest absolute Gasteiger partial charge is 0.341 e. The second kappa shape index (κ2) is 5.69. The molecule has 0 saturated carbocycles. The lowest BCUT2D eigenvalue weighted by atomic mass is 10.1. The first kappa shape index (κ1) is 14.6. The summed E-state index contributed by atoms with van der Waals surface area (Å²) in [5.41, 5.74) is 1.61. The van der Waals surface area contributed by atoms with E-state index in [0.29, 0.717) is 10.8 Å². The van der Waals surface area contributed by atoms with E-state index in [-0.39, 0.29) is 16.6 Å². The minimum atomic E-state index is -1.13. The fourth-order valence-electron chi connectivity index (χ4n) is 1.74. The topological polar surface area (TPSA) is 59.4 Å². The normalized spacial score (nSPS) is 10.4. The number of carboxylic acid groups (broad SMARTS) is 1. The number of carboxylic acids is 1. The number of hydrogen-bond donors (Lipinski definition) is 1. The third-order valence-electron chi connectivity index (χ3n) is 2.68. The van der Waals surface area contributed by atoms with Crippen molar-refractivity contribution in [3.8, 4) is 11.6 Å². The molecule has 1 N–H and O–H groups in total.